The smallest absolute Gasteiger partial charge is 0.306 e. The number of carbonyl (C=O) groups is 2. The van der Waals surface area contributed by atoms with Crippen LogP contribution in [0.4, 0.5) is 5.69 Å². The molecule has 2 N–H and O–H groups in total. The molecule has 1 aromatic rings. The molecule has 2 aliphatic rings. The SMILES string of the molecule is CC1Cc2cc(C(=O)CN3CCC(C(=O)O)CC3)ccc2N1. The van der Waals surface area contributed by atoms with E-state index in [4.69, 9.17) is 5.11 Å². The van der Waals surface area contributed by atoms with E-state index in [1.54, 1.807) is 0 Å². The van der Waals surface area contributed by atoms with Crippen LogP contribution in [0, 0.1) is 5.92 Å². The summed E-state index contributed by atoms with van der Waals surface area (Å²) < 4.78 is 0. The number of ketones is 1. The number of aliphatic carboxylic acids is 1. The molecule has 5 heteroatoms. The third-order valence-corrected chi connectivity index (χ3v) is 4.66. The molecule has 0 saturated carbocycles. The van der Waals surface area contributed by atoms with Crippen LogP contribution in [-0.2, 0) is 11.2 Å². The zero-order valence-electron chi connectivity index (χ0n) is 12.8. The molecule has 2 heterocycles. The predicted molar refractivity (Wildman–Crippen MR) is 84.4 cm³/mol. The highest BCUT2D eigenvalue weighted by Crippen LogP contribution is 2.27. The van der Waals surface area contributed by atoms with Crippen molar-refractivity contribution in [2.45, 2.75) is 32.2 Å². The van der Waals surface area contributed by atoms with E-state index in [0.29, 0.717) is 38.5 Å². The summed E-state index contributed by atoms with van der Waals surface area (Å²) in [5, 5.41) is 12.4. The number of nitrogens with one attached hydrogen (secondary N) is 1. The fourth-order valence-corrected chi connectivity index (χ4v) is 3.36. The Bertz CT molecular complexity index is 592. The number of likely N-dealkylation sites (tertiary alicyclic amines) is 1. The molecule has 0 bridgehead atoms. The van der Waals surface area contributed by atoms with E-state index < -0.39 is 5.97 Å². The Labute approximate surface area is 130 Å². The molecular formula is C17H22N2O3. The van der Waals surface area contributed by atoms with Gasteiger partial charge in [0.2, 0.25) is 0 Å². The number of Topliss-reactive ketones (excluding diaryl/α,β-unsaturated/α-hetero) is 1. The van der Waals surface area contributed by atoms with E-state index in [1.165, 1.54) is 5.56 Å². The largest absolute Gasteiger partial charge is 0.481 e. The highest BCUT2D eigenvalue weighted by molar-refractivity contribution is 5.98. The van der Waals surface area contributed by atoms with Crippen LogP contribution in [0.25, 0.3) is 0 Å². The topological polar surface area (TPSA) is 69.6 Å². The molecule has 5 nitrogen and oxygen atoms in total. The molecule has 118 valence electrons. The molecular weight excluding hydrogens is 280 g/mol. The number of hydrogen-bond acceptors (Lipinski definition) is 4. The second-order valence-corrected chi connectivity index (χ2v) is 6.43. The molecule has 0 spiro atoms. The number of hydrogen-bond donors (Lipinski definition) is 2. The van der Waals surface area contributed by atoms with E-state index in [1.807, 2.05) is 18.2 Å². The van der Waals surface area contributed by atoms with Gasteiger partial charge < -0.3 is 10.4 Å². The summed E-state index contributed by atoms with van der Waals surface area (Å²) in [5.74, 6) is -0.846. The van der Waals surface area contributed by atoms with Gasteiger partial charge in [0.05, 0.1) is 12.5 Å². The maximum absolute atomic E-state index is 12.4. The maximum atomic E-state index is 12.4. The van der Waals surface area contributed by atoms with E-state index in [2.05, 4.69) is 17.1 Å². The minimum absolute atomic E-state index is 0.121. The molecule has 0 aliphatic carbocycles. The lowest BCUT2D eigenvalue weighted by Crippen LogP contribution is -2.39. The monoisotopic (exact) mass is 302 g/mol. The average molecular weight is 302 g/mol. The Kier molecular flexibility index (Phi) is 4.16. The number of piperidine rings is 1. The fourth-order valence-electron chi connectivity index (χ4n) is 3.36. The number of carbonyl (C=O) groups excluding carboxylic acids is 1. The number of rotatable bonds is 4. The van der Waals surface area contributed by atoms with E-state index in [0.717, 1.165) is 17.7 Å². The van der Waals surface area contributed by atoms with Crippen molar-refractivity contribution in [2.24, 2.45) is 5.92 Å². The highest BCUT2D eigenvalue weighted by atomic mass is 16.4. The van der Waals surface area contributed by atoms with E-state index in [-0.39, 0.29) is 11.7 Å². The van der Waals surface area contributed by atoms with Crippen LogP contribution in [0.5, 0.6) is 0 Å². The Morgan fingerprint density at radius 1 is 1.32 bits per heavy atom. The van der Waals surface area contributed by atoms with Crippen LogP contribution in [0.15, 0.2) is 18.2 Å². The molecule has 0 amide bonds. The van der Waals surface area contributed by atoms with Gasteiger partial charge >= 0.3 is 5.97 Å². The van der Waals surface area contributed by atoms with Crippen LogP contribution >= 0.6 is 0 Å². The Morgan fingerprint density at radius 3 is 2.73 bits per heavy atom. The van der Waals surface area contributed by atoms with Gasteiger partial charge in [-0.1, -0.05) is 0 Å². The number of carboxylic acid groups (broad SMARTS) is 1. The van der Waals surface area contributed by atoms with Gasteiger partial charge in [0.25, 0.3) is 0 Å². The quantitative estimate of drug-likeness (QED) is 0.833. The van der Waals surface area contributed by atoms with Crippen LogP contribution < -0.4 is 5.32 Å². The Balaban J connectivity index is 1.59. The summed E-state index contributed by atoms with van der Waals surface area (Å²) in [6, 6.07) is 6.30. The standard InChI is InChI=1S/C17H22N2O3/c1-11-8-14-9-13(2-3-15(14)18-11)16(20)10-19-6-4-12(5-7-19)17(21)22/h2-3,9,11-12,18H,4-8,10H2,1H3,(H,21,22). The van der Waals surface area contributed by atoms with Crippen molar-refractivity contribution >= 4 is 17.4 Å². The number of carboxylic acids is 1. The summed E-state index contributed by atoms with van der Waals surface area (Å²) >= 11 is 0. The van der Waals surface area contributed by atoms with Crippen LogP contribution in [0.1, 0.15) is 35.7 Å². The van der Waals surface area contributed by atoms with Crippen molar-refractivity contribution in [3.05, 3.63) is 29.3 Å². The lowest BCUT2D eigenvalue weighted by atomic mass is 9.96. The first kappa shape index (κ1) is 15.0. The summed E-state index contributed by atoms with van der Waals surface area (Å²) in [7, 11) is 0. The van der Waals surface area contributed by atoms with Crippen molar-refractivity contribution < 1.29 is 14.7 Å². The van der Waals surface area contributed by atoms with Crippen LogP contribution in [-0.4, -0.2) is 47.4 Å². The van der Waals surface area contributed by atoms with Crippen molar-refractivity contribution in [1.29, 1.82) is 0 Å². The van der Waals surface area contributed by atoms with Crippen LogP contribution in [0.3, 0.4) is 0 Å². The first-order valence-electron chi connectivity index (χ1n) is 7.91. The molecule has 0 aromatic heterocycles. The van der Waals surface area contributed by atoms with Gasteiger partial charge in [-0.3, -0.25) is 14.5 Å². The average Bonchev–Trinajstić information content (AvgIpc) is 2.86. The minimum Gasteiger partial charge on any atom is -0.481 e. The molecule has 3 rings (SSSR count). The summed E-state index contributed by atoms with van der Waals surface area (Å²) in [6.45, 7) is 3.89. The fraction of sp³-hybridized carbons (Fsp3) is 0.529. The number of benzene rings is 1. The molecule has 1 fully saturated rings. The van der Waals surface area contributed by atoms with Gasteiger partial charge in [-0.05, 0) is 63.0 Å². The van der Waals surface area contributed by atoms with Gasteiger partial charge in [-0.2, -0.15) is 0 Å². The Hall–Kier alpha value is -1.88. The van der Waals surface area contributed by atoms with Crippen molar-refractivity contribution in [3.8, 4) is 0 Å². The van der Waals surface area contributed by atoms with E-state index >= 15 is 0 Å². The third-order valence-electron chi connectivity index (χ3n) is 4.66. The van der Waals surface area contributed by atoms with Crippen molar-refractivity contribution in [2.75, 3.05) is 25.0 Å². The van der Waals surface area contributed by atoms with E-state index in [9.17, 15) is 9.59 Å². The molecule has 22 heavy (non-hydrogen) atoms. The summed E-state index contributed by atoms with van der Waals surface area (Å²) in [5.41, 5.74) is 3.10. The molecule has 1 unspecified atom stereocenters. The van der Waals surface area contributed by atoms with Crippen molar-refractivity contribution in [1.82, 2.24) is 4.90 Å². The molecule has 1 atom stereocenters. The van der Waals surface area contributed by atoms with Gasteiger partial charge in [0, 0.05) is 17.3 Å². The number of anilines is 1. The molecule has 0 radical (unpaired) electrons. The lowest BCUT2D eigenvalue weighted by molar-refractivity contribution is -0.143. The van der Waals surface area contributed by atoms with Gasteiger partial charge in [0.15, 0.2) is 5.78 Å². The molecule has 1 aromatic carbocycles. The maximum Gasteiger partial charge on any atom is 0.306 e. The second kappa shape index (κ2) is 6.08. The molecule has 1 saturated heterocycles. The lowest BCUT2D eigenvalue weighted by Gasteiger charge is -2.29. The van der Waals surface area contributed by atoms with Gasteiger partial charge in [0.1, 0.15) is 0 Å². The summed E-state index contributed by atoms with van der Waals surface area (Å²) in [4.78, 5) is 25.4. The van der Waals surface area contributed by atoms with Crippen LogP contribution in [0.2, 0.25) is 0 Å². The third kappa shape index (κ3) is 3.14. The first-order valence-corrected chi connectivity index (χ1v) is 7.91. The molecule has 2 aliphatic heterocycles. The highest BCUT2D eigenvalue weighted by Gasteiger charge is 2.26. The van der Waals surface area contributed by atoms with Gasteiger partial charge in [-0.15, -0.1) is 0 Å². The summed E-state index contributed by atoms with van der Waals surface area (Å²) in [6.07, 6.45) is 2.23. The second-order valence-electron chi connectivity index (χ2n) is 6.43. The Morgan fingerprint density at radius 2 is 2.05 bits per heavy atom. The van der Waals surface area contributed by atoms with Crippen molar-refractivity contribution in [3.63, 3.8) is 0 Å². The normalized spacial score (nSPS) is 22.1. The number of nitrogens with zero attached hydrogens (tertiary/aromatic N) is 1. The van der Waals surface area contributed by atoms with Gasteiger partial charge in [-0.25, -0.2) is 0 Å². The zero-order valence-corrected chi connectivity index (χ0v) is 12.8. The number of fused-ring (bicyclic) bond motifs is 1. The predicted octanol–water partition coefficient (Wildman–Crippen LogP) is 2.02. The minimum atomic E-state index is -0.716. The first-order chi connectivity index (χ1) is 10.5. The zero-order chi connectivity index (χ0) is 15.7.